The van der Waals surface area contributed by atoms with Crippen LogP contribution in [-0.2, 0) is 11.2 Å². The lowest BCUT2D eigenvalue weighted by molar-refractivity contribution is 0.0376. The lowest BCUT2D eigenvalue weighted by Crippen LogP contribution is -2.39. The molecule has 7 heteroatoms. The first kappa shape index (κ1) is 17.7. The summed E-state index contributed by atoms with van der Waals surface area (Å²) in [6.45, 7) is 10.3. The Bertz CT molecular complexity index is 475. The van der Waals surface area contributed by atoms with Crippen molar-refractivity contribution in [3.05, 3.63) is 17.0 Å². The van der Waals surface area contributed by atoms with Crippen molar-refractivity contribution in [2.24, 2.45) is 10.7 Å². The maximum Gasteiger partial charge on any atom is 0.188 e. The molecule has 2 heterocycles. The molecule has 1 aliphatic rings. The molecule has 0 amide bonds. The number of nitrogens with zero attached hydrogens (tertiary/aromatic N) is 3. The molecule has 130 valence electrons. The average molecular weight is 323 g/mol. The number of nitrogens with one attached hydrogen (secondary N) is 1. The zero-order valence-corrected chi connectivity index (χ0v) is 14.3. The Kier molecular flexibility index (Phi) is 7.35. The summed E-state index contributed by atoms with van der Waals surface area (Å²) >= 11 is 0. The number of aliphatic imine (C=N–C) groups is 1. The molecule has 1 aromatic heterocycles. The van der Waals surface area contributed by atoms with E-state index in [2.05, 4.69) is 20.4 Å². The van der Waals surface area contributed by atoms with Crippen LogP contribution in [0.5, 0.6) is 0 Å². The highest BCUT2D eigenvalue weighted by Gasteiger charge is 2.09. The fourth-order valence-corrected chi connectivity index (χ4v) is 2.71. The molecule has 1 aromatic rings. The second-order valence-corrected chi connectivity index (χ2v) is 5.91. The summed E-state index contributed by atoms with van der Waals surface area (Å²) < 4.78 is 10.5. The van der Waals surface area contributed by atoms with Crippen LogP contribution in [0.1, 0.15) is 29.9 Å². The quantitative estimate of drug-likeness (QED) is 0.419. The van der Waals surface area contributed by atoms with Crippen molar-refractivity contribution in [2.45, 2.75) is 33.1 Å². The summed E-state index contributed by atoms with van der Waals surface area (Å²) in [7, 11) is 0. The molecule has 0 atom stereocenters. The first-order chi connectivity index (χ1) is 11.2. The number of hydrogen-bond donors (Lipinski definition) is 2. The van der Waals surface area contributed by atoms with Gasteiger partial charge in [0.2, 0.25) is 0 Å². The summed E-state index contributed by atoms with van der Waals surface area (Å²) in [4.78, 5) is 6.78. The molecule has 23 heavy (non-hydrogen) atoms. The monoisotopic (exact) mass is 323 g/mol. The van der Waals surface area contributed by atoms with Crippen molar-refractivity contribution in [3.8, 4) is 0 Å². The summed E-state index contributed by atoms with van der Waals surface area (Å²) in [6, 6.07) is 0. The van der Waals surface area contributed by atoms with Crippen molar-refractivity contribution in [2.75, 3.05) is 45.9 Å². The predicted molar refractivity (Wildman–Crippen MR) is 90.7 cm³/mol. The van der Waals surface area contributed by atoms with Gasteiger partial charge in [-0.05, 0) is 39.7 Å². The van der Waals surface area contributed by atoms with Gasteiger partial charge in [0.05, 0.1) is 18.9 Å². The maximum absolute atomic E-state index is 5.89. The Hall–Kier alpha value is -1.60. The molecule has 0 spiro atoms. The second kappa shape index (κ2) is 9.52. The summed E-state index contributed by atoms with van der Waals surface area (Å²) in [5.74, 6) is 1.44. The normalized spacial score (nSPS) is 16.7. The van der Waals surface area contributed by atoms with Gasteiger partial charge in [0, 0.05) is 31.7 Å². The molecule has 7 nitrogen and oxygen atoms in total. The third-order valence-corrected chi connectivity index (χ3v) is 4.11. The van der Waals surface area contributed by atoms with Gasteiger partial charge in [0.15, 0.2) is 5.96 Å². The van der Waals surface area contributed by atoms with E-state index in [-0.39, 0.29) is 0 Å². The highest BCUT2D eigenvalue weighted by Crippen LogP contribution is 2.14. The van der Waals surface area contributed by atoms with Crippen LogP contribution in [0, 0.1) is 13.8 Å². The Balaban J connectivity index is 1.54. The van der Waals surface area contributed by atoms with Crippen LogP contribution in [0.15, 0.2) is 9.52 Å². The van der Waals surface area contributed by atoms with E-state index in [4.69, 9.17) is 15.0 Å². The topological polar surface area (TPSA) is 88.9 Å². The van der Waals surface area contributed by atoms with E-state index in [9.17, 15) is 0 Å². The first-order valence-corrected chi connectivity index (χ1v) is 8.42. The minimum absolute atomic E-state index is 0.533. The predicted octanol–water partition coefficient (Wildman–Crippen LogP) is 0.851. The van der Waals surface area contributed by atoms with E-state index in [1.54, 1.807) is 0 Å². The van der Waals surface area contributed by atoms with Crippen LogP contribution in [0.3, 0.4) is 0 Å². The molecule has 0 saturated carbocycles. The van der Waals surface area contributed by atoms with Gasteiger partial charge in [-0.1, -0.05) is 5.16 Å². The minimum atomic E-state index is 0.533. The van der Waals surface area contributed by atoms with Gasteiger partial charge in [-0.15, -0.1) is 0 Å². The van der Waals surface area contributed by atoms with Crippen molar-refractivity contribution in [3.63, 3.8) is 0 Å². The van der Waals surface area contributed by atoms with Crippen LogP contribution in [-0.4, -0.2) is 62.0 Å². The van der Waals surface area contributed by atoms with Gasteiger partial charge in [-0.2, -0.15) is 0 Å². The lowest BCUT2D eigenvalue weighted by Gasteiger charge is -2.26. The number of nitrogens with two attached hydrogens (primary N) is 1. The highest BCUT2D eigenvalue weighted by atomic mass is 16.5. The molecule has 0 aliphatic carbocycles. The molecule has 0 aromatic carbocycles. The molecule has 0 unspecified atom stereocenters. The number of rotatable bonds is 8. The van der Waals surface area contributed by atoms with Gasteiger partial charge in [-0.25, -0.2) is 0 Å². The lowest BCUT2D eigenvalue weighted by atomic mass is 10.1. The van der Waals surface area contributed by atoms with E-state index < -0.39 is 0 Å². The van der Waals surface area contributed by atoms with Crippen LogP contribution in [0.25, 0.3) is 0 Å². The smallest absolute Gasteiger partial charge is 0.188 e. The SMILES string of the molecule is Cc1noc(C)c1CCCN=C(N)NCCCN1CCOCC1. The van der Waals surface area contributed by atoms with Gasteiger partial charge in [0.25, 0.3) is 0 Å². The van der Waals surface area contributed by atoms with Crippen LogP contribution >= 0.6 is 0 Å². The van der Waals surface area contributed by atoms with Crippen LogP contribution in [0.2, 0.25) is 0 Å². The number of aromatic nitrogens is 1. The Morgan fingerprint density at radius 3 is 2.78 bits per heavy atom. The van der Waals surface area contributed by atoms with E-state index in [1.807, 2.05) is 13.8 Å². The summed E-state index contributed by atoms with van der Waals surface area (Å²) in [5, 5.41) is 7.14. The molecule has 1 saturated heterocycles. The number of morpholine rings is 1. The number of aryl methyl sites for hydroxylation is 2. The molecule has 1 fully saturated rings. The molecular weight excluding hydrogens is 294 g/mol. The van der Waals surface area contributed by atoms with Crippen molar-refractivity contribution in [1.82, 2.24) is 15.4 Å². The largest absolute Gasteiger partial charge is 0.379 e. The zero-order valence-electron chi connectivity index (χ0n) is 14.3. The molecule has 1 aliphatic heterocycles. The molecule has 0 bridgehead atoms. The summed E-state index contributed by atoms with van der Waals surface area (Å²) in [5.41, 5.74) is 8.05. The van der Waals surface area contributed by atoms with Crippen LogP contribution < -0.4 is 11.1 Å². The molecule has 3 N–H and O–H groups in total. The third kappa shape index (κ3) is 6.19. The first-order valence-electron chi connectivity index (χ1n) is 8.42. The van der Waals surface area contributed by atoms with E-state index in [0.29, 0.717) is 12.5 Å². The fraction of sp³-hybridized carbons (Fsp3) is 0.750. The number of guanidine groups is 1. The maximum atomic E-state index is 5.89. The fourth-order valence-electron chi connectivity index (χ4n) is 2.71. The van der Waals surface area contributed by atoms with Crippen molar-refractivity contribution in [1.29, 1.82) is 0 Å². The second-order valence-electron chi connectivity index (χ2n) is 5.91. The minimum Gasteiger partial charge on any atom is -0.379 e. The Labute approximate surface area is 138 Å². The van der Waals surface area contributed by atoms with Crippen molar-refractivity contribution < 1.29 is 9.26 Å². The molecule has 0 radical (unpaired) electrons. The number of ether oxygens (including phenoxy) is 1. The standard InChI is InChI=1S/C16H29N5O2/c1-13-15(14(2)23-20-13)5-3-6-18-16(17)19-7-4-8-21-9-11-22-12-10-21/h3-12H2,1-2H3,(H3,17,18,19). The molecular formula is C16H29N5O2. The van der Waals surface area contributed by atoms with Gasteiger partial charge in [-0.3, -0.25) is 9.89 Å². The van der Waals surface area contributed by atoms with E-state index in [0.717, 1.165) is 70.1 Å². The highest BCUT2D eigenvalue weighted by molar-refractivity contribution is 5.77. The Morgan fingerprint density at radius 1 is 1.30 bits per heavy atom. The molecule has 2 rings (SSSR count). The zero-order chi connectivity index (χ0) is 16.5. The summed E-state index contributed by atoms with van der Waals surface area (Å²) in [6.07, 6.45) is 2.93. The van der Waals surface area contributed by atoms with E-state index >= 15 is 0 Å². The average Bonchev–Trinajstić information content (AvgIpc) is 2.88. The number of hydrogen-bond acceptors (Lipinski definition) is 5. The third-order valence-electron chi connectivity index (χ3n) is 4.11. The van der Waals surface area contributed by atoms with Gasteiger partial charge in [0.1, 0.15) is 5.76 Å². The van der Waals surface area contributed by atoms with Crippen molar-refractivity contribution >= 4 is 5.96 Å². The van der Waals surface area contributed by atoms with Gasteiger partial charge < -0.3 is 20.3 Å². The van der Waals surface area contributed by atoms with Gasteiger partial charge >= 0.3 is 0 Å². The Morgan fingerprint density at radius 2 is 2.09 bits per heavy atom. The van der Waals surface area contributed by atoms with E-state index in [1.165, 1.54) is 5.56 Å². The van der Waals surface area contributed by atoms with Crippen LogP contribution in [0.4, 0.5) is 0 Å².